The Bertz CT molecular complexity index is 560. The minimum Gasteiger partial charge on any atom is -0.307 e. The summed E-state index contributed by atoms with van der Waals surface area (Å²) in [5, 5.41) is 3.37. The largest absolute Gasteiger partial charge is 0.307 e. The van der Waals surface area contributed by atoms with Crippen molar-refractivity contribution in [1.29, 1.82) is 0 Å². The summed E-state index contributed by atoms with van der Waals surface area (Å²) < 4.78 is 0. The van der Waals surface area contributed by atoms with Crippen LogP contribution in [-0.4, -0.2) is 15.0 Å². The molecule has 86 valence electrons. The summed E-state index contributed by atoms with van der Waals surface area (Å²) in [6.45, 7) is 1.81. The first-order valence-electron chi connectivity index (χ1n) is 5.91. The average Bonchev–Trinajstić information content (AvgIpc) is 2.88. The third-order valence-corrected chi connectivity index (χ3v) is 4.10. The molecule has 2 aromatic heterocycles. The zero-order valence-electron chi connectivity index (χ0n) is 9.31. The zero-order chi connectivity index (χ0) is 11.2. The summed E-state index contributed by atoms with van der Waals surface area (Å²) in [5.74, 6) is 1.54. The molecule has 1 N–H and O–H groups in total. The van der Waals surface area contributed by atoms with E-state index in [1.54, 1.807) is 11.3 Å². The van der Waals surface area contributed by atoms with Crippen molar-refractivity contribution in [3.8, 4) is 10.7 Å². The van der Waals surface area contributed by atoms with Gasteiger partial charge in [-0.05, 0) is 12.8 Å². The van der Waals surface area contributed by atoms with Crippen molar-refractivity contribution in [2.45, 2.75) is 31.8 Å². The summed E-state index contributed by atoms with van der Waals surface area (Å²) in [4.78, 5) is 14.6. The Hall–Kier alpha value is -1.33. The molecule has 0 radical (unpaired) electrons. The Morgan fingerprint density at radius 2 is 2.18 bits per heavy atom. The van der Waals surface area contributed by atoms with Gasteiger partial charge in [0.2, 0.25) is 0 Å². The van der Waals surface area contributed by atoms with Crippen LogP contribution in [0.3, 0.4) is 0 Å². The van der Waals surface area contributed by atoms with Gasteiger partial charge in [-0.3, -0.25) is 4.98 Å². The number of nitrogens with zero attached hydrogens (tertiary/aromatic N) is 3. The first-order valence-corrected chi connectivity index (χ1v) is 6.79. The highest BCUT2D eigenvalue weighted by molar-refractivity contribution is 7.13. The van der Waals surface area contributed by atoms with Gasteiger partial charge in [0, 0.05) is 30.8 Å². The van der Waals surface area contributed by atoms with E-state index in [0.29, 0.717) is 5.92 Å². The van der Waals surface area contributed by atoms with E-state index in [1.807, 2.05) is 11.7 Å². The van der Waals surface area contributed by atoms with Gasteiger partial charge in [0.15, 0.2) is 5.82 Å². The van der Waals surface area contributed by atoms with Gasteiger partial charge >= 0.3 is 0 Å². The summed E-state index contributed by atoms with van der Waals surface area (Å²) in [7, 11) is 0. The molecule has 0 bridgehead atoms. The molecule has 5 heteroatoms. The maximum absolute atomic E-state index is 4.77. The highest BCUT2D eigenvalue weighted by Crippen LogP contribution is 2.42. The normalized spacial score (nSPS) is 18.4. The van der Waals surface area contributed by atoms with Crippen molar-refractivity contribution in [1.82, 2.24) is 20.3 Å². The Labute approximate surface area is 103 Å². The molecule has 17 heavy (non-hydrogen) atoms. The second-order valence-electron chi connectivity index (χ2n) is 4.60. The standard InChI is InChI=1S/C12H12N4S/c1-2-7(1)11-8-3-13-4-9(8)15-12(16-11)10-5-14-6-17-10/h5-7,13H,1-4H2. The fourth-order valence-corrected chi connectivity index (χ4v) is 2.88. The fourth-order valence-electron chi connectivity index (χ4n) is 2.33. The second-order valence-corrected chi connectivity index (χ2v) is 5.49. The highest BCUT2D eigenvalue weighted by atomic mass is 32.1. The molecular weight excluding hydrogens is 232 g/mol. The van der Waals surface area contributed by atoms with Crippen molar-refractivity contribution in [2.24, 2.45) is 0 Å². The molecule has 2 aliphatic rings. The number of hydrogen-bond donors (Lipinski definition) is 1. The number of aromatic nitrogens is 3. The minimum absolute atomic E-state index is 0.679. The van der Waals surface area contributed by atoms with E-state index in [4.69, 9.17) is 4.98 Å². The molecule has 2 aromatic rings. The van der Waals surface area contributed by atoms with Crippen LogP contribution in [0.15, 0.2) is 11.7 Å². The van der Waals surface area contributed by atoms with Crippen LogP contribution in [0.25, 0.3) is 10.7 Å². The van der Waals surface area contributed by atoms with Gasteiger partial charge in [0.1, 0.15) is 0 Å². The molecule has 0 saturated heterocycles. The van der Waals surface area contributed by atoms with Crippen LogP contribution in [0.5, 0.6) is 0 Å². The number of nitrogens with one attached hydrogen (secondary N) is 1. The average molecular weight is 244 g/mol. The number of thiazole rings is 1. The lowest BCUT2D eigenvalue weighted by Crippen LogP contribution is -2.02. The van der Waals surface area contributed by atoms with Gasteiger partial charge in [0.05, 0.1) is 21.8 Å². The number of hydrogen-bond acceptors (Lipinski definition) is 5. The molecular formula is C12H12N4S. The summed E-state index contributed by atoms with van der Waals surface area (Å²) in [5.41, 5.74) is 5.65. The third-order valence-electron chi connectivity index (χ3n) is 3.34. The Morgan fingerprint density at radius 1 is 1.24 bits per heavy atom. The van der Waals surface area contributed by atoms with Crippen molar-refractivity contribution < 1.29 is 0 Å². The third kappa shape index (κ3) is 1.57. The van der Waals surface area contributed by atoms with Crippen LogP contribution in [0.2, 0.25) is 0 Å². The Kier molecular flexibility index (Phi) is 2.04. The first-order chi connectivity index (χ1) is 8.42. The molecule has 1 aliphatic heterocycles. The maximum atomic E-state index is 4.77. The van der Waals surface area contributed by atoms with E-state index in [9.17, 15) is 0 Å². The van der Waals surface area contributed by atoms with E-state index in [-0.39, 0.29) is 0 Å². The lowest BCUT2D eigenvalue weighted by atomic mass is 10.1. The van der Waals surface area contributed by atoms with Crippen molar-refractivity contribution in [3.05, 3.63) is 28.7 Å². The van der Waals surface area contributed by atoms with Gasteiger partial charge < -0.3 is 5.32 Å². The van der Waals surface area contributed by atoms with Crippen LogP contribution in [0.4, 0.5) is 0 Å². The zero-order valence-corrected chi connectivity index (χ0v) is 10.1. The molecule has 0 atom stereocenters. The quantitative estimate of drug-likeness (QED) is 0.878. The van der Waals surface area contributed by atoms with Gasteiger partial charge in [-0.1, -0.05) is 0 Å². The lowest BCUT2D eigenvalue weighted by molar-refractivity contribution is 0.755. The maximum Gasteiger partial charge on any atom is 0.171 e. The molecule has 0 spiro atoms. The first kappa shape index (κ1) is 9.67. The Balaban J connectivity index is 1.89. The van der Waals surface area contributed by atoms with Gasteiger partial charge in [0.25, 0.3) is 0 Å². The van der Waals surface area contributed by atoms with Crippen LogP contribution < -0.4 is 5.32 Å². The lowest BCUT2D eigenvalue weighted by Gasteiger charge is -2.07. The molecule has 1 aliphatic carbocycles. The predicted molar refractivity (Wildman–Crippen MR) is 65.7 cm³/mol. The van der Waals surface area contributed by atoms with Crippen molar-refractivity contribution in [2.75, 3.05) is 0 Å². The monoisotopic (exact) mass is 244 g/mol. The number of rotatable bonds is 2. The molecule has 0 aromatic carbocycles. The molecule has 1 fully saturated rings. The smallest absolute Gasteiger partial charge is 0.171 e. The van der Waals surface area contributed by atoms with E-state index in [1.165, 1.54) is 29.8 Å². The van der Waals surface area contributed by atoms with Gasteiger partial charge in [-0.15, -0.1) is 11.3 Å². The number of fused-ring (bicyclic) bond motifs is 1. The van der Waals surface area contributed by atoms with Gasteiger partial charge in [-0.25, -0.2) is 9.97 Å². The summed E-state index contributed by atoms with van der Waals surface area (Å²) in [6.07, 6.45) is 4.42. The SMILES string of the molecule is c1ncc(-c2nc3c(c(C4CC4)n2)CNC3)s1. The topological polar surface area (TPSA) is 50.7 Å². The predicted octanol–water partition coefficient (Wildman–Crippen LogP) is 2.08. The van der Waals surface area contributed by atoms with Crippen molar-refractivity contribution >= 4 is 11.3 Å². The van der Waals surface area contributed by atoms with Crippen LogP contribution >= 0.6 is 11.3 Å². The van der Waals surface area contributed by atoms with E-state index < -0.39 is 0 Å². The van der Waals surface area contributed by atoms with Crippen LogP contribution in [-0.2, 0) is 13.1 Å². The van der Waals surface area contributed by atoms with E-state index >= 15 is 0 Å². The fraction of sp³-hybridized carbons (Fsp3) is 0.417. The summed E-state index contributed by atoms with van der Waals surface area (Å²) in [6, 6.07) is 0. The van der Waals surface area contributed by atoms with E-state index in [0.717, 1.165) is 23.8 Å². The molecule has 1 saturated carbocycles. The van der Waals surface area contributed by atoms with Crippen LogP contribution in [0, 0.1) is 0 Å². The summed E-state index contributed by atoms with van der Waals surface area (Å²) >= 11 is 1.61. The molecule has 4 nitrogen and oxygen atoms in total. The van der Waals surface area contributed by atoms with E-state index in [2.05, 4.69) is 15.3 Å². The van der Waals surface area contributed by atoms with Gasteiger partial charge in [-0.2, -0.15) is 0 Å². The second kappa shape index (κ2) is 3.58. The molecule has 0 amide bonds. The molecule has 0 unspecified atom stereocenters. The Morgan fingerprint density at radius 3 is 2.94 bits per heavy atom. The molecule has 3 heterocycles. The highest BCUT2D eigenvalue weighted by Gasteiger charge is 2.31. The van der Waals surface area contributed by atoms with Crippen molar-refractivity contribution in [3.63, 3.8) is 0 Å². The molecule has 4 rings (SSSR count). The minimum atomic E-state index is 0.679. The van der Waals surface area contributed by atoms with Crippen LogP contribution in [0.1, 0.15) is 35.7 Å².